The Hall–Kier alpha value is -1.63. The van der Waals surface area contributed by atoms with Crippen LogP contribution in [0.1, 0.15) is 21.7 Å². The van der Waals surface area contributed by atoms with Gasteiger partial charge in [-0.3, -0.25) is 4.79 Å². The van der Waals surface area contributed by atoms with Crippen molar-refractivity contribution in [3.63, 3.8) is 0 Å². The van der Waals surface area contributed by atoms with Crippen molar-refractivity contribution >= 4 is 17.2 Å². The van der Waals surface area contributed by atoms with E-state index < -0.39 is 6.10 Å². The number of methoxy groups -OCH3 is 1. The summed E-state index contributed by atoms with van der Waals surface area (Å²) in [5.74, 6) is -0.186. The number of thiophene rings is 1. The molecule has 5 nitrogen and oxygen atoms in total. The number of aliphatic hydroxyl groups is 1. The molecule has 2 aromatic heterocycles. The fraction of sp³-hybridized carbons (Fsp3) is 0.400. The molecule has 2 aromatic rings. The molecule has 0 aliphatic rings. The second-order valence-electron chi connectivity index (χ2n) is 4.91. The van der Waals surface area contributed by atoms with Crippen molar-refractivity contribution < 1.29 is 14.6 Å². The van der Waals surface area contributed by atoms with Gasteiger partial charge in [0.2, 0.25) is 0 Å². The third-order valence-electron chi connectivity index (χ3n) is 3.22. The van der Waals surface area contributed by atoms with Crippen LogP contribution in [0.5, 0.6) is 0 Å². The summed E-state index contributed by atoms with van der Waals surface area (Å²) in [7, 11) is 1.51. The molecule has 0 saturated carbocycles. The number of hydrogen-bond acceptors (Lipinski definition) is 4. The highest BCUT2D eigenvalue weighted by molar-refractivity contribution is 7.13. The number of carbonyl (C=O) groups excluding carboxylic acids is 1. The number of rotatable bonds is 6. The van der Waals surface area contributed by atoms with E-state index in [0.717, 1.165) is 16.4 Å². The van der Waals surface area contributed by atoms with Gasteiger partial charge in [-0.2, -0.15) is 0 Å². The number of aromatic nitrogens is 1. The number of ether oxygens (including phenoxy) is 1. The molecule has 0 radical (unpaired) electrons. The van der Waals surface area contributed by atoms with Crippen molar-refractivity contribution in [3.05, 3.63) is 40.5 Å². The van der Waals surface area contributed by atoms with Gasteiger partial charge in [0, 0.05) is 25.0 Å². The Labute approximate surface area is 128 Å². The normalized spacial score (nSPS) is 12.4. The van der Waals surface area contributed by atoms with Crippen molar-refractivity contribution in [2.24, 2.45) is 0 Å². The lowest BCUT2D eigenvalue weighted by Crippen LogP contribution is -2.34. The minimum absolute atomic E-state index is 0.172. The summed E-state index contributed by atoms with van der Waals surface area (Å²) in [6.07, 6.45) is -0.698. The quantitative estimate of drug-likeness (QED) is 0.856. The van der Waals surface area contributed by atoms with Crippen LogP contribution in [0.2, 0.25) is 0 Å². The molecule has 0 aliphatic heterocycles. The van der Waals surface area contributed by atoms with Gasteiger partial charge in [-0.25, -0.2) is 0 Å². The Morgan fingerprint density at radius 1 is 1.38 bits per heavy atom. The standard InChI is InChI=1S/C15H20N2O3S/c1-10-4-5-11(2)17(10)15-13(6-7-21-15)14(19)16-8-12(18)9-20-3/h4-7,12,18H,8-9H2,1-3H3,(H,16,19). The predicted molar refractivity (Wildman–Crippen MR) is 83.3 cm³/mol. The molecule has 1 atom stereocenters. The van der Waals surface area contributed by atoms with Crippen LogP contribution < -0.4 is 5.32 Å². The van der Waals surface area contributed by atoms with Gasteiger partial charge in [0.1, 0.15) is 5.00 Å². The number of aryl methyl sites for hydroxylation is 2. The summed E-state index contributed by atoms with van der Waals surface area (Å²) in [6.45, 7) is 4.39. The van der Waals surface area contributed by atoms with Crippen molar-refractivity contribution in [2.75, 3.05) is 20.3 Å². The number of carbonyl (C=O) groups is 1. The van der Waals surface area contributed by atoms with Gasteiger partial charge < -0.3 is 19.7 Å². The van der Waals surface area contributed by atoms with E-state index in [-0.39, 0.29) is 19.1 Å². The van der Waals surface area contributed by atoms with Crippen molar-refractivity contribution in [3.8, 4) is 5.00 Å². The topological polar surface area (TPSA) is 63.5 Å². The third kappa shape index (κ3) is 3.53. The van der Waals surface area contributed by atoms with Gasteiger partial charge in [-0.05, 0) is 37.4 Å². The SMILES string of the molecule is COCC(O)CNC(=O)c1ccsc1-n1c(C)ccc1C. The Bertz CT molecular complexity index is 599. The van der Waals surface area contributed by atoms with Gasteiger partial charge in [0.15, 0.2) is 0 Å². The summed E-state index contributed by atoms with van der Waals surface area (Å²) in [6, 6.07) is 5.86. The van der Waals surface area contributed by atoms with Crippen molar-refractivity contribution in [1.29, 1.82) is 0 Å². The van der Waals surface area contributed by atoms with Crippen LogP contribution in [0.3, 0.4) is 0 Å². The van der Waals surface area contributed by atoms with E-state index in [0.29, 0.717) is 5.56 Å². The predicted octanol–water partition coefficient (Wildman–Crippen LogP) is 1.89. The van der Waals surface area contributed by atoms with E-state index >= 15 is 0 Å². The van der Waals surface area contributed by atoms with E-state index in [1.807, 2.05) is 31.4 Å². The van der Waals surface area contributed by atoms with Crippen molar-refractivity contribution in [1.82, 2.24) is 9.88 Å². The highest BCUT2D eigenvalue weighted by atomic mass is 32.1. The molecule has 2 N–H and O–H groups in total. The molecule has 0 aromatic carbocycles. The van der Waals surface area contributed by atoms with Crippen LogP contribution in [-0.4, -0.2) is 41.9 Å². The van der Waals surface area contributed by atoms with Crippen LogP contribution in [0.4, 0.5) is 0 Å². The number of amides is 1. The molecule has 1 amide bonds. The van der Waals surface area contributed by atoms with Gasteiger partial charge in [-0.1, -0.05) is 0 Å². The number of hydrogen-bond donors (Lipinski definition) is 2. The molecular formula is C15H20N2O3S. The van der Waals surface area contributed by atoms with E-state index in [4.69, 9.17) is 4.74 Å². The maximum Gasteiger partial charge on any atom is 0.254 e. The van der Waals surface area contributed by atoms with Crippen LogP contribution >= 0.6 is 11.3 Å². The summed E-state index contributed by atoms with van der Waals surface area (Å²) in [4.78, 5) is 12.3. The second kappa shape index (κ2) is 6.89. The smallest absolute Gasteiger partial charge is 0.254 e. The van der Waals surface area contributed by atoms with Crippen LogP contribution in [0.25, 0.3) is 5.00 Å². The largest absolute Gasteiger partial charge is 0.389 e. The molecule has 0 bridgehead atoms. The highest BCUT2D eigenvalue weighted by Gasteiger charge is 2.17. The third-order valence-corrected chi connectivity index (χ3v) is 4.12. The zero-order valence-electron chi connectivity index (χ0n) is 12.4. The molecule has 0 saturated heterocycles. The average molecular weight is 308 g/mol. The summed E-state index contributed by atoms with van der Waals surface area (Å²) >= 11 is 1.52. The first-order valence-corrected chi connectivity index (χ1v) is 7.60. The Balaban J connectivity index is 2.15. The minimum atomic E-state index is -0.698. The van der Waals surface area contributed by atoms with E-state index in [2.05, 4.69) is 9.88 Å². The minimum Gasteiger partial charge on any atom is -0.389 e. The monoisotopic (exact) mass is 308 g/mol. The first-order valence-electron chi connectivity index (χ1n) is 6.72. The summed E-state index contributed by atoms with van der Waals surface area (Å²) in [5.41, 5.74) is 2.79. The van der Waals surface area contributed by atoms with Crippen LogP contribution in [0.15, 0.2) is 23.6 Å². The molecular weight excluding hydrogens is 288 g/mol. The zero-order valence-corrected chi connectivity index (χ0v) is 13.2. The second-order valence-corrected chi connectivity index (χ2v) is 5.80. The maximum atomic E-state index is 12.3. The molecule has 6 heteroatoms. The van der Waals surface area contributed by atoms with Gasteiger partial charge in [-0.15, -0.1) is 11.3 Å². The van der Waals surface area contributed by atoms with E-state index in [9.17, 15) is 9.90 Å². The molecule has 21 heavy (non-hydrogen) atoms. The Kier molecular flexibility index (Phi) is 5.17. The summed E-state index contributed by atoms with van der Waals surface area (Å²) in [5, 5.41) is 15.1. The summed E-state index contributed by atoms with van der Waals surface area (Å²) < 4.78 is 6.90. The molecule has 2 rings (SSSR count). The first kappa shape index (κ1) is 15.8. The van der Waals surface area contributed by atoms with Gasteiger partial charge in [0.05, 0.1) is 18.3 Å². The van der Waals surface area contributed by atoms with E-state index in [1.165, 1.54) is 18.4 Å². The number of aliphatic hydroxyl groups excluding tert-OH is 1. The fourth-order valence-corrected chi connectivity index (χ4v) is 3.21. The Morgan fingerprint density at radius 3 is 2.67 bits per heavy atom. The molecule has 2 heterocycles. The van der Waals surface area contributed by atoms with Crippen LogP contribution in [0, 0.1) is 13.8 Å². The number of nitrogens with one attached hydrogen (secondary N) is 1. The Morgan fingerprint density at radius 2 is 2.05 bits per heavy atom. The van der Waals surface area contributed by atoms with Crippen LogP contribution in [-0.2, 0) is 4.74 Å². The first-order chi connectivity index (χ1) is 10.0. The van der Waals surface area contributed by atoms with Crippen molar-refractivity contribution in [2.45, 2.75) is 20.0 Å². The van der Waals surface area contributed by atoms with Gasteiger partial charge in [0.25, 0.3) is 5.91 Å². The molecule has 1 unspecified atom stereocenters. The molecule has 114 valence electrons. The molecule has 0 fully saturated rings. The molecule has 0 spiro atoms. The zero-order chi connectivity index (χ0) is 15.4. The number of nitrogens with zero attached hydrogens (tertiary/aromatic N) is 1. The van der Waals surface area contributed by atoms with E-state index in [1.54, 1.807) is 6.07 Å². The fourth-order valence-electron chi connectivity index (χ4n) is 2.19. The lowest BCUT2D eigenvalue weighted by molar-refractivity contribution is 0.0610. The molecule has 0 aliphatic carbocycles. The highest BCUT2D eigenvalue weighted by Crippen LogP contribution is 2.25. The lowest BCUT2D eigenvalue weighted by Gasteiger charge is -2.13. The average Bonchev–Trinajstić information content (AvgIpc) is 3.03. The maximum absolute atomic E-state index is 12.3. The van der Waals surface area contributed by atoms with Gasteiger partial charge >= 0.3 is 0 Å². The lowest BCUT2D eigenvalue weighted by atomic mass is 10.2.